The number of rotatable bonds is 4. The quantitative estimate of drug-likeness (QED) is 0.782. The topological polar surface area (TPSA) is 97.5 Å². The Hall–Kier alpha value is -2.39. The van der Waals surface area contributed by atoms with E-state index >= 15 is 0 Å². The van der Waals surface area contributed by atoms with Gasteiger partial charge in [0.15, 0.2) is 0 Å². The Bertz CT molecular complexity index is 751. The van der Waals surface area contributed by atoms with Crippen LogP contribution in [0.4, 0.5) is 0 Å². The number of amides is 1. The second-order valence-electron chi connectivity index (χ2n) is 6.98. The molecule has 1 amide bonds. The smallest absolute Gasteiger partial charge is 0.240 e. The van der Waals surface area contributed by atoms with Gasteiger partial charge in [0.1, 0.15) is 0 Å². The largest absolute Gasteiger partial charge is 0.372 e. The third-order valence-electron chi connectivity index (χ3n) is 4.65. The van der Waals surface area contributed by atoms with Crippen LogP contribution in [0.25, 0.3) is 11.6 Å². The Morgan fingerprint density at radius 1 is 1.12 bits per heavy atom. The highest BCUT2D eigenvalue weighted by Gasteiger charge is 2.35. The third kappa shape index (κ3) is 3.58. The van der Waals surface area contributed by atoms with Gasteiger partial charge in [-0.1, -0.05) is 5.16 Å². The summed E-state index contributed by atoms with van der Waals surface area (Å²) in [7, 11) is 0. The molecule has 2 atom stereocenters. The predicted octanol–water partition coefficient (Wildman–Crippen LogP) is 0.562. The Morgan fingerprint density at radius 2 is 1.81 bits per heavy atom. The molecule has 2 aromatic rings. The highest BCUT2D eigenvalue weighted by molar-refractivity contribution is 5.78. The Labute approximate surface area is 151 Å². The van der Waals surface area contributed by atoms with Crippen LogP contribution in [0.3, 0.4) is 0 Å². The van der Waals surface area contributed by atoms with Crippen molar-refractivity contribution in [2.75, 3.05) is 32.7 Å². The van der Waals surface area contributed by atoms with Gasteiger partial charge in [-0.15, -0.1) is 0 Å². The maximum absolute atomic E-state index is 12.5. The van der Waals surface area contributed by atoms with Crippen molar-refractivity contribution in [2.24, 2.45) is 0 Å². The number of hydrogen-bond donors (Lipinski definition) is 0. The van der Waals surface area contributed by atoms with Gasteiger partial charge in [-0.25, -0.2) is 9.97 Å². The summed E-state index contributed by atoms with van der Waals surface area (Å²) in [6, 6.07) is 1.74. The lowest BCUT2D eigenvalue weighted by atomic mass is 10.00. The molecule has 2 saturated heterocycles. The van der Waals surface area contributed by atoms with Crippen molar-refractivity contribution in [3.63, 3.8) is 0 Å². The highest BCUT2D eigenvalue weighted by Crippen LogP contribution is 2.27. The van der Waals surface area contributed by atoms with Gasteiger partial charge >= 0.3 is 0 Å². The normalized spacial score (nSPS) is 24.5. The van der Waals surface area contributed by atoms with Crippen LogP contribution >= 0.6 is 0 Å². The van der Waals surface area contributed by atoms with Crippen LogP contribution in [0.5, 0.6) is 0 Å². The Kier molecular flexibility index (Phi) is 4.64. The minimum atomic E-state index is 0.0869. The fourth-order valence-electron chi connectivity index (χ4n) is 3.43. The van der Waals surface area contributed by atoms with Crippen molar-refractivity contribution in [3.8, 4) is 11.6 Å². The maximum Gasteiger partial charge on any atom is 0.240 e. The number of carbonyl (C=O) groups excluding carboxylic acids is 1. The number of morpholine rings is 1. The summed E-state index contributed by atoms with van der Waals surface area (Å²) in [5, 5.41) is 3.95. The predicted molar refractivity (Wildman–Crippen MR) is 91.1 cm³/mol. The van der Waals surface area contributed by atoms with Crippen molar-refractivity contribution < 1.29 is 14.1 Å². The van der Waals surface area contributed by atoms with Gasteiger partial charge in [0.25, 0.3) is 0 Å². The molecule has 2 fully saturated rings. The molecule has 9 nitrogen and oxygen atoms in total. The van der Waals surface area contributed by atoms with Crippen LogP contribution in [0, 0.1) is 0 Å². The van der Waals surface area contributed by atoms with Gasteiger partial charge in [-0.3, -0.25) is 9.69 Å². The minimum absolute atomic E-state index is 0.0869. The van der Waals surface area contributed by atoms with Gasteiger partial charge in [-0.05, 0) is 19.9 Å². The maximum atomic E-state index is 12.5. The van der Waals surface area contributed by atoms with E-state index in [0.717, 1.165) is 13.1 Å². The highest BCUT2D eigenvalue weighted by atomic mass is 16.5. The van der Waals surface area contributed by atoms with Crippen molar-refractivity contribution in [1.82, 2.24) is 29.9 Å². The Balaban J connectivity index is 1.29. The van der Waals surface area contributed by atoms with Gasteiger partial charge in [0.2, 0.25) is 23.4 Å². The first-order chi connectivity index (χ1) is 12.6. The van der Waals surface area contributed by atoms with Crippen LogP contribution < -0.4 is 0 Å². The van der Waals surface area contributed by atoms with E-state index < -0.39 is 0 Å². The molecule has 0 N–H and O–H groups in total. The zero-order chi connectivity index (χ0) is 18.1. The summed E-state index contributed by atoms with van der Waals surface area (Å²) in [4.78, 5) is 29.1. The van der Waals surface area contributed by atoms with Gasteiger partial charge in [-0.2, -0.15) is 4.98 Å². The monoisotopic (exact) mass is 358 g/mol. The van der Waals surface area contributed by atoms with Crippen molar-refractivity contribution >= 4 is 5.91 Å². The summed E-state index contributed by atoms with van der Waals surface area (Å²) in [6.45, 7) is 7.20. The first-order valence-corrected chi connectivity index (χ1v) is 8.85. The van der Waals surface area contributed by atoms with Gasteiger partial charge < -0.3 is 14.2 Å². The number of carbonyl (C=O) groups is 1. The summed E-state index contributed by atoms with van der Waals surface area (Å²) >= 11 is 0. The van der Waals surface area contributed by atoms with Crippen molar-refractivity contribution in [1.29, 1.82) is 0 Å². The summed E-state index contributed by atoms with van der Waals surface area (Å²) in [5.74, 6) is 1.71. The van der Waals surface area contributed by atoms with Crippen LogP contribution in [0.15, 0.2) is 23.0 Å². The molecular weight excluding hydrogens is 336 g/mol. The standard InChI is InChI=1S/C17H22N6O3/c1-11-6-23(7-12(2)25-11)14(24)10-22-8-13(9-22)17-20-16(21-26-17)15-18-4-3-5-19-15/h3-5,11-13H,6-10H2,1-2H3. The third-order valence-corrected chi connectivity index (χ3v) is 4.65. The molecule has 2 unspecified atom stereocenters. The lowest BCUT2D eigenvalue weighted by molar-refractivity contribution is -0.145. The Morgan fingerprint density at radius 3 is 2.50 bits per heavy atom. The van der Waals surface area contributed by atoms with Crippen LogP contribution in [0.2, 0.25) is 0 Å². The first kappa shape index (κ1) is 17.0. The number of ether oxygens (including phenoxy) is 1. The number of hydrogen-bond acceptors (Lipinski definition) is 8. The fourth-order valence-corrected chi connectivity index (χ4v) is 3.43. The second kappa shape index (κ2) is 7.08. The summed E-state index contributed by atoms with van der Waals surface area (Å²) in [6.07, 6.45) is 3.46. The average molecular weight is 358 g/mol. The van der Waals surface area contributed by atoms with E-state index in [2.05, 4.69) is 25.0 Å². The molecule has 0 aromatic carbocycles. The van der Waals surface area contributed by atoms with Crippen molar-refractivity contribution in [3.05, 3.63) is 24.4 Å². The number of nitrogens with zero attached hydrogens (tertiary/aromatic N) is 6. The lowest BCUT2D eigenvalue weighted by Gasteiger charge is -2.40. The second-order valence-corrected chi connectivity index (χ2v) is 6.98. The van der Waals surface area contributed by atoms with Gasteiger partial charge in [0.05, 0.1) is 24.7 Å². The molecule has 26 heavy (non-hydrogen) atoms. The zero-order valence-electron chi connectivity index (χ0n) is 14.9. The van der Waals surface area contributed by atoms with E-state index in [0.29, 0.717) is 37.2 Å². The molecule has 4 heterocycles. The molecule has 0 bridgehead atoms. The summed E-state index contributed by atoms with van der Waals surface area (Å²) < 4.78 is 11.0. The van der Waals surface area contributed by atoms with Gasteiger partial charge in [0, 0.05) is 38.6 Å². The van der Waals surface area contributed by atoms with Crippen molar-refractivity contribution in [2.45, 2.75) is 32.0 Å². The van der Waals surface area contributed by atoms with Crippen LogP contribution in [0.1, 0.15) is 25.7 Å². The molecule has 2 aliphatic rings. The molecular formula is C17H22N6O3. The lowest BCUT2D eigenvalue weighted by Crippen LogP contribution is -2.54. The van der Waals surface area contributed by atoms with E-state index in [1.54, 1.807) is 18.5 Å². The molecule has 2 aliphatic heterocycles. The van der Waals surface area contributed by atoms with E-state index in [-0.39, 0.29) is 24.0 Å². The summed E-state index contributed by atoms with van der Waals surface area (Å²) in [5.41, 5.74) is 0. The molecule has 0 saturated carbocycles. The van der Waals surface area contributed by atoms with E-state index in [4.69, 9.17) is 9.26 Å². The molecule has 0 radical (unpaired) electrons. The van der Waals surface area contributed by atoms with E-state index in [9.17, 15) is 4.79 Å². The van der Waals surface area contributed by atoms with Crippen LogP contribution in [-0.4, -0.2) is 80.7 Å². The van der Waals surface area contributed by atoms with E-state index in [1.807, 2.05) is 18.7 Å². The minimum Gasteiger partial charge on any atom is -0.372 e. The molecule has 0 aliphatic carbocycles. The first-order valence-electron chi connectivity index (χ1n) is 8.85. The molecule has 2 aromatic heterocycles. The molecule has 0 spiro atoms. The van der Waals surface area contributed by atoms with E-state index in [1.165, 1.54) is 0 Å². The molecule has 9 heteroatoms. The molecule has 4 rings (SSSR count). The SMILES string of the molecule is CC1CN(C(=O)CN2CC(c3nc(-c4ncccn4)no3)C2)CC(C)O1. The number of likely N-dealkylation sites (tertiary alicyclic amines) is 1. The average Bonchev–Trinajstić information content (AvgIpc) is 3.07. The van der Waals surface area contributed by atoms with Crippen LogP contribution in [-0.2, 0) is 9.53 Å². The number of aromatic nitrogens is 4. The molecule has 138 valence electrons. The zero-order valence-corrected chi connectivity index (χ0v) is 14.9. The fraction of sp³-hybridized carbons (Fsp3) is 0.588.